The maximum Gasteiger partial charge on any atom is -0.00457 e. The van der Waals surface area contributed by atoms with Gasteiger partial charge in [0.05, 0.1) is 0 Å². The van der Waals surface area contributed by atoms with Gasteiger partial charge in [0.2, 0.25) is 0 Å². The van der Waals surface area contributed by atoms with Crippen LogP contribution in [0.4, 0.5) is 0 Å². The molecule has 1 nitrogen and oxygen atoms in total. The van der Waals surface area contributed by atoms with Gasteiger partial charge in [-0.1, -0.05) is 50.1 Å². The highest BCUT2D eigenvalue weighted by Crippen LogP contribution is 2.17. The predicted octanol–water partition coefficient (Wildman–Crippen LogP) is 3.55. The number of nitrogens with two attached hydrogens (primary N) is 1. The summed E-state index contributed by atoms with van der Waals surface area (Å²) in [6.07, 6.45) is 3.67. The lowest BCUT2D eigenvalue weighted by Gasteiger charge is -2.16. The minimum Gasteiger partial charge on any atom is -0.330 e. The van der Waals surface area contributed by atoms with Gasteiger partial charge >= 0.3 is 0 Å². The van der Waals surface area contributed by atoms with Crippen LogP contribution in [0.1, 0.15) is 37.8 Å². The Balaban J connectivity index is 2.49. The highest BCUT2D eigenvalue weighted by molar-refractivity contribution is 5.22. The molecule has 0 bridgehead atoms. The lowest BCUT2D eigenvalue weighted by Crippen LogP contribution is -2.17. The molecular weight excluding hydrogens is 194 g/mol. The van der Waals surface area contributed by atoms with Gasteiger partial charge in [0.1, 0.15) is 0 Å². The molecule has 0 saturated heterocycles. The molecule has 0 saturated carbocycles. The standard InChI is InChI=1S/C15H25N/c1-12(2)7-8-15(11-16)10-14-6-4-5-13(3)9-14/h4-6,9,12,15H,7-8,10-11,16H2,1-3H3. The van der Waals surface area contributed by atoms with Crippen molar-refractivity contribution in [2.75, 3.05) is 6.54 Å². The zero-order valence-electron chi connectivity index (χ0n) is 10.9. The van der Waals surface area contributed by atoms with Gasteiger partial charge in [0.25, 0.3) is 0 Å². The van der Waals surface area contributed by atoms with Crippen LogP contribution in [-0.4, -0.2) is 6.54 Å². The summed E-state index contributed by atoms with van der Waals surface area (Å²) in [5.41, 5.74) is 8.62. The summed E-state index contributed by atoms with van der Waals surface area (Å²) in [7, 11) is 0. The number of benzene rings is 1. The van der Waals surface area contributed by atoms with E-state index >= 15 is 0 Å². The molecule has 0 spiro atoms. The topological polar surface area (TPSA) is 26.0 Å². The van der Waals surface area contributed by atoms with Crippen LogP contribution < -0.4 is 5.73 Å². The monoisotopic (exact) mass is 219 g/mol. The zero-order chi connectivity index (χ0) is 12.0. The Bertz CT molecular complexity index is 304. The van der Waals surface area contributed by atoms with Crippen molar-refractivity contribution in [1.29, 1.82) is 0 Å². The van der Waals surface area contributed by atoms with Crippen LogP contribution >= 0.6 is 0 Å². The Morgan fingerprint density at radius 1 is 1.19 bits per heavy atom. The van der Waals surface area contributed by atoms with E-state index in [0.717, 1.165) is 18.9 Å². The number of hydrogen-bond donors (Lipinski definition) is 1. The van der Waals surface area contributed by atoms with Gasteiger partial charge < -0.3 is 5.73 Å². The maximum atomic E-state index is 5.84. The first-order valence-corrected chi connectivity index (χ1v) is 6.37. The molecule has 0 amide bonds. The van der Waals surface area contributed by atoms with Gasteiger partial charge in [-0.2, -0.15) is 0 Å². The Hall–Kier alpha value is -0.820. The quantitative estimate of drug-likeness (QED) is 0.778. The Kier molecular flexibility index (Phi) is 5.54. The fourth-order valence-corrected chi connectivity index (χ4v) is 2.04. The summed E-state index contributed by atoms with van der Waals surface area (Å²) in [5, 5.41) is 0. The average molecular weight is 219 g/mol. The van der Waals surface area contributed by atoms with Crippen molar-refractivity contribution in [2.45, 2.75) is 40.0 Å². The molecule has 0 radical (unpaired) electrons. The molecule has 1 unspecified atom stereocenters. The van der Waals surface area contributed by atoms with Crippen LogP contribution in [0.15, 0.2) is 24.3 Å². The zero-order valence-corrected chi connectivity index (χ0v) is 10.9. The third-order valence-corrected chi connectivity index (χ3v) is 3.09. The number of rotatable bonds is 6. The average Bonchev–Trinajstić information content (AvgIpc) is 2.24. The van der Waals surface area contributed by atoms with Gasteiger partial charge in [-0.3, -0.25) is 0 Å². The minimum absolute atomic E-state index is 0.643. The summed E-state index contributed by atoms with van der Waals surface area (Å²) in [6.45, 7) is 7.51. The minimum atomic E-state index is 0.643. The Morgan fingerprint density at radius 3 is 2.50 bits per heavy atom. The fourth-order valence-electron chi connectivity index (χ4n) is 2.04. The van der Waals surface area contributed by atoms with E-state index in [1.165, 1.54) is 24.0 Å². The second-order valence-electron chi connectivity index (χ2n) is 5.27. The molecule has 90 valence electrons. The molecule has 0 aliphatic rings. The van der Waals surface area contributed by atoms with Crippen LogP contribution in [0.3, 0.4) is 0 Å². The molecule has 0 aromatic heterocycles. The largest absolute Gasteiger partial charge is 0.330 e. The summed E-state index contributed by atoms with van der Waals surface area (Å²) in [5.74, 6) is 1.43. The Labute approximate surface area is 100 Å². The highest BCUT2D eigenvalue weighted by atomic mass is 14.5. The van der Waals surface area contributed by atoms with Crippen LogP contribution in [-0.2, 0) is 6.42 Å². The van der Waals surface area contributed by atoms with Crippen molar-refractivity contribution in [1.82, 2.24) is 0 Å². The van der Waals surface area contributed by atoms with E-state index in [-0.39, 0.29) is 0 Å². The van der Waals surface area contributed by atoms with Gasteiger partial charge in [0, 0.05) is 0 Å². The van der Waals surface area contributed by atoms with Crippen molar-refractivity contribution in [3.63, 3.8) is 0 Å². The van der Waals surface area contributed by atoms with Crippen LogP contribution in [0.5, 0.6) is 0 Å². The van der Waals surface area contributed by atoms with Gasteiger partial charge in [-0.05, 0) is 43.7 Å². The van der Waals surface area contributed by atoms with Crippen molar-refractivity contribution < 1.29 is 0 Å². The molecule has 2 N–H and O–H groups in total. The van der Waals surface area contributed by atoms with Gasteiger partial charge in [-0.25, -0.2) is 0 Å². The molecule has 16 heavy (non-hydrogen) atoms. The van der Waals surface area contributed by atoms with E-state index in [0.29, 0.717) is 5.92 Å². The van der Waals surface area contributed by atoms with E-state index in [9.17, 15) is 0 Å². The molecule has 1 atom stereocenters. The summed E-state index contributed by atoms with van der Waals surface area (Å²) >= 11 is 0. The molecule has 1 heteroatoms. The van der Waals surface area contributed by atoms with Gasteiger partial charge in [-0.15, -0.1) is 0 Å². The van der Waals surface area contributed by atoms with Crippen LogP contribution in [0.25, 0.3) is 0 Å². The van der Waals surface area contributed by atoms with E-state index in [1.54, 1.807) is 0 Å². The molecule has 0 aliphatic heterocycles. The van der Waals surface area contributed by atoms with Crippen molar-refractivity contribution >= 4 is 0 Å². The normalized spacial score (nSPS) is 13.1. The summed E-state index contributed by atoms with van der Waals surface area (Å²) < 4.78 is 0. The fraction of sp³-hybridized carbons (Fsp3) is 0.600. The number of hydrogen-bond acceptors (Lipinski definition) is 1. The van der Waals surface area contributed by atoms with Crippen molar-refractivity contribution in [3.05, 3.63) is 35.4 Å². The first kappa shape index (κ1) is 13.2. The molecule has 0 aliphatic carbocycles. The molecule has 1 aromatic rings. The van der Waals surface area contributed by atoms with Crippen molar-refractivity contribution in [3.8, 4) is 0 Å². The molecule has 0 heterocycles. The van der Waals surface area contributed by atoms with E-state index in [1.807, 2.05) is 0 Å². The lowest BCUT2D eigenvalue weighted by molar-refractivity contribution is 0.428. The summed E-state index contributed by atoms with van der Waals surface area (Å²) in [6, 6.07) is 8.78. The second kappa shape index (κ2) is 6.70. The maximum absolute atomic E-state index is 5.84. The van der Waals surface area contributed by atoms with Crippen molar-refractivity contribution in [2.24, 2.45) is 17.6 Å². The lowest BCUT2D eigenvalue weighted by atomic mass is 9.91. The summed E-state index contributed by atoms with van der Waals surface area (Å²) in [4.78, 5) is 0. The third kappa shape index (κ3) is 4.80. The van der Waals surface area contributed by atoms with E-state index in [4.69, 9.17) is 5.73 Å². The first-order valence-electron chi connectivity index (χ1n) is 6.37. The SMILES string of the molecule is Cc1cccc(CC(CN)CCC(C)C)c1. The van der Waals surface area contributed by atoms with Crippen LogP contribution in [0.2, 0.25) is 0 Å². The van der Waals surface area contributed by atoms with Gasteiger partial charge in [0.15, 0.2) is 0 Å². The third-order valence-electron chi connectivity index (χ3n) is 3.09. The first-order chi connectivity index (χ1) is 7.61. The number of aryl methyl sites for hydroxylation is 1. The Morgan fingerprint density at radius 2 is 1.94 bits per heavy atom. The smallest absolute Gasteiger partial charge is 0.00457 e. The van der Waals surface area contributed by atoms with Crippen LogP contribution in [0, 0.1) is 18.8 Å². The molecule has 0 fully saturated rings. The van der Waals surface area contributed by atoms with E-state index < -0.39 is 0 Å². The predicted molar refractivity (Wildman–Crippen MR) is 71.5 cm³/mol. The molecule has 1 rings (SSSR count). The second-order valence-corrected chi connectivity index (χ2v) is 5.27. The van der Waals surface area contributed by atoms with E-state index in [2.05, 4.69) is 45.0 Å². The highest BCUT2D eigenvalue weighted by Gasteiger charge is 2.08. The molecular formula is C15H25N. The molecule has 1 aromatic carbocycles.